The molecule has 1 amide bonds. The highest BCUT2D eigenvalue weighted by Crippen LogP contribution is 2.32. The van der Waals surface area contributed by atoms with Crippen molar-refractivity contribution < 1.29 is 9.90 Å². The lowest BCUT2D eigenvalue weighted by Crippen LogP contribution is -2.49. The van der Waals surface area contributed by atoms with Crippen LogP contribution in [0.5, 0.6) is 0 Å². The molecule has 4 atom stereocenters. The lowest BCUT2D eigenvalue weighted by atomic mass is 9.77. The highest BCUT2D eigenvalue weighted by molar-refractivity contribution is 5.85. The van der Waals surface area contributed by atoms with Gasteiger partial charge in [0.1, 0.15) is 0 Å². The number of aliphatic hydroxyl groups is 1. The highest BCUT2D eigenvalue weighted by atomic mass is 35.5. The number of aromatic nitrogens is 2. The largest absolute Gasteiger partial charge is 0.391 e. The zero-order valence-electron chi connectivity index (χ0n) is 13.0. The molecule has 1 saturated heterocycles. The fourth-order valence-corrected chi connectivity index (χ4v) is 3.60. The number of nitrogens with one attached hydrogen (secondary N) is 3. The zero-order valence-corrected chi connectivity index (χ0v) is 14.7. The number of H-pyrrole nitrogens is 1. The molecule has 3 rings (SSSR count). The van der Waals surface area contributed by atoms with Crippen LogP contribution in [0.15, 0.2) is 12.4 Å². The number of fused-ring (bicyclic) bond motifs is 1. The molecule has 132 valence electrons. The molecule has 4 N–H and O–H groups in total. The van der Waals surface area contributed by atoms with Crippen LogP contribution in [0, 0.1) is 11.8 Å². The number of hydrogen-bond acceptors (Lipinski definition) is 4. The summed E-state index contributed by atoms with van der Waals surface area (Å²) in [6, 6.07) is -0.0763. The minimum absolute atomic E-state index is 0. The summed E-state index contributed by atoms with van der Waals surface area (Å²) in [6.45, 7) is 2.03. The summed E-state index contributed by atoms with van der Waals surface area (Å²) < 4.78 is 0. The van der Waals surface area contributed by atoms with Crippen LogP contribution in [-0.2, 0) is 11.2 Å². The molecule has 2 fully saturated rings. The first-order chi connectivity index (χ1) is 10.2. The number of carbonyl (C=O) groups excluding carboxylic acids is 1. The van der Waals surface area contributed by atoms with E-state index in [0.717, 1.165) is 44.3 Å². The average Bonchev–Trinajstić information content (AvgIpc) is 3.10. The van der Waals surface area contributed by atoms with Gasteiger partial charge in [0.25, 0.3) is 0 Å². The molecule has 1 aliphatic heterocycles. The molecule has 2 heterocycles. The van der Waals surface area contributed by atoms with Crippen molar-refractivity contribution in [2.45, 2.75) is 44.2 Å². The van der Waals surface area contributed by atoms with Gasteiger partial charge >= 0.3 is 0 Å². The van der Waals surface area contributed by atoms with Crippen molar-refractivity contribution in [1.82, 2.24) is 20.8 Å². The van der Waals surface area contributed by atoms with Gasteiger partial charge < -0.3 is 15.7 Å². The van der Waals surface area contributed by atoms with Crippen LogP contribution in [0.1, 0.15) is 31.2 Å². The summed E-state index contributed by atoms with van der Waals surface area (Å²) in [5.74, 6) is 1.23. The number of halogens is 2. The van der Waals surface area contributed by atoms with Gasteiger partial charge in [0.15, 0.2) is 0 Å². The van der Waals surface area contributed by atoms with Gasteiger partial charge in [0, 0.05) is 12.6 Å². The zero-order chi connectivity index (χ0) is 14.7. The van der Waals surface area contributed by atoms with E-state index in [4.69, 9.17) is 0 Å². The first-order valence-corrected chi connectivity index (χ1v) is 7.88. The molecular weight excluding hydrogens is 339 g/mol. The SMILES string of the molecule is Cl.Cl.O=C(CCCc1cn[nH]c1)N[C@H]1C[C@H]2CNC[C@H]2C[C@@H]1O. The number of aromatic amines is 1. The molecule has 6 nitrogen and oxygen atoms in total. The third-order valence-corrected chi connectivity index (χ3v) is 4.82. The molecular formula is C15H26Cl2N4O2. The number of amides is 1. The standard InChI is InChI=1S/C15H24N4O2.2ClH/c20-14-5-12-9-16-8-11(12)4-13(14)19-15(21)3-1-2-10-6-17-18-7-10;;/h6-7,11-14,16,20H,1-5,8-9H2,(H,17,18)(H,19,21);2*1H/t11-,12+,13-,14-;;/m0../s1. The first-order valence-electron chi connectivity index (χ1n) is 7.88. The lowest BCUT2D eigenvalue weighted by Gasteiger charge is -2.35. The van der Waals surface area contributed by atoms with Gasteiger partial charge in [-0.25, -0.2) is 0 Å². The maximum atomic E-state index is 12.0. The van der Waals surface area contributed by atoms with Crippen LogP contribution in [-0.4, -0.2) is 46.4 Å². The van der Waals surface area contributed by atoms with Gasteiger partial charge in [-0.15, -0.1) is 24.8 Å². The molecule has 1 saturated carbocycles. The number of carbonyl (C=O) groups is 1. The topological polar surface area (TPSA) is 90.0 Å². The van der Waals surface area contributed by atoms with E-state index in [-0.39, 0.29) is 36.8 Å². The van der Waals surface area contributed by atoms with Gasteiger partial charge in [-0.1, -0.05) is 0 Å². The molecule has 0 aromatic carbocycles. The second-order valence-corrected chi connectivity index (χ2v) is 6.35. The Balaban J connectivity index is 0.00000132. The van der Waals surface area contributed by atoms with Crippen LogP contribution >= 0.6 is 24.8 Å². The Morgan fingerprint density at radius 2 is 2.04 bits per heavy atom. The fraction of sp³-hybridized carbons (Fsp3) is 0.733. The van der Waals surface area contributed by atoms with Crippen molar-refractivity contribution in [1.29, 1.82) is 0 Å². The predicted molar refractivity (Wildman–Crippen MR) is 93.0 cm³/mol. The minimum Gasteiger partial charge on any atom is -0.391 e. The van der Waals surface area contributed by atoms with Gasteiger partial charge in [-0.3, -0.25) is 9.89 Å². The molecule has 1 aromatic heterocycles. The number of hydrogen-bond donors (Lipinski definition) is 4. The summed E-state index contributed by atoms with van der Waals surface area (Å²) in [5.41, 5.74) is 1.13. The van der Waals surface area contributed by atoms with Gasteiger partial charge in [-0.05, 0) is 56.2 Å². The summed E-state index contributed by atoms with van der Waals surface area (Å²) in [5, 5.41) is 23.2. The average molecular weight is 365 g/mol. The number of rotatable bonds is 5. The van der Waals surface area contributed by atoms with Crippen molar-refractivity contribution in [3.63, 3.8) is 0 Å². The van der Waals surface area contributed by atoms with Crippen LogP contribution in [0.3, 0.4) is 0 Å². The molecule has 8 heteroatoms. The maximum Gasteiger partial charge on any atom is 0.220 e. The van der Waals surface area contributed by atoms with E-state index in [9.17, 15) is 9.90 Å². The Bertz CT molecular complexity index is 472. The van der Waals surface area contributed by atoms with E-state index < -0.39 is 6.10 Å². The Morgan fingerprint density at radius 1 is 1.30 bits per heavy atom. The van der Waals surface area contributed by atoms with Crippen LogP contribution in [0.4, 0.5) is 0 Å². The molecule has 2 aliphatic rings. The molecule has 23 heavy (non-hydrogen) atoms. The second-order valence-electron chi connectivity index (χ2n) is 6.35. The lowest BCUT2D eigenvalue weighted by molar-refractivity contribution is -0.123. The van der Waals surface area contributed by atoms with E-state index in [2.05, 4.69) is 20.8 Å². The third-order valence-electron chi connectivity index (χ3n) is 4.82. The smallest absolute Gasteiger partial charge is 0.220 e. The quantitative estimate of drug-likeness (QED) is 0.628. The van der Waals surface area contributed by atoms with E-state index >= 15 is 0 Å². The van der Waals surface area contributed by atoms with Crippen molar-refractivity contribution in [3.05, 3.63) is 18.0 Å². The number of aliphatic hydroxyl groups excluding tert-OH is 1. The molecule has 0 spiro atoms. The Kier molecular flexibility index (Phi) is 8.33. The van der Waals surface area contributed by atoms with Crippen molar-refractivity contribution in [2.24, 2.45) is 11.8 Å². The van der Waals surface area contributed by atoms with Crippen molar-refractivity contribution in [2.75, 3.05) is 13.1 Å². The predicted octanol–water partition coefficient (Wildman–Crippen LogP) is 1.05. The summed E-state index contributed by atoms with van der Waals surface area (Å²) in [7, 11) is 0. The summed E-state index contributed by atoms with van der Waals surface area (Å²) in [6.07, 6.45) is 7.11. The molecule has 1 aromatic rings. The minimum atomic E-state index is -0.399. The Hall–Kier alpha value is -0.820. The van der Waals surface area contributed by atoms with Crippen molar-refractivity contribution in [3.8, 4) is 0 Å². The van der Waals surface area contributed by atoms with Gasteiger partial charge in [0.05, 0.1) is 18.3 Å². The van der Waals surface area contributed by atoms with Crippen LogP contribution < -0.4 is 10.6 Å². The van der Waals surface area contributed by atoms with E-state index in [1.165, 1.54) is 0 Å². The van der Waals surface area contributed by atoms with Crippen molar-refractivity contribution >= 4 is 30.7 Å². The molecule has 0 radical (unpaired) electrons. The third kappa shape index (κ3) is 5.35. The fourth-order valence-electron chi connectivity index (χ4n) is 3.60. The van der Waals surface area contributed by atoms with Gasteiger partial charge in [0.2, 0.25) is 5.91 Å². The highest BCUT2D eigenvalue weighted by Gasteiger charge is 2.39. The van der Waals surface area contributed by atoms with E-state index in [0.29, 0.717) is 18.3 Å². The number of nitrogens with zero attached hydrogens (tertiary/aromatic N) is 1. The Morgan fingerprint density at radius 3 is 2.74 bits per heavy atom. The summed E-state index contributed by atoms with van der Waals surface area (Å²) in [4.78, 5) is 12.0. The van der Waals surface area contributed by atoms with E-state index in [1.807, 2.05) is 6.20 Å². The van der Waals surface area contributed by atoms with Crippen LogP contribution in [0.2, 0.25) is 0 Å². The summed E-state index contributed by atoms with van der Waals surface area (Å²) >= 11 is 0. The number of aryl methyl sites for hydroxylation is 1. The maximum absolute atomic E-state index is 12.0. The Labute approximate surface area is 149 Å². The second kappa shape index (κ2) is 9.47. The molecule has 0 bridgehead atoms. The first kappa shape index (κ1) is 20.2. The normalized spacial score (nSPS) is 29.1. The van der Waals surface area contributed by atoms with E-state index in [1.54, 1.807) is 6.20 Å². The monoisotopic (exact) mass is 364 g/mol. The van der Waals surface area contributed by atoms with Crippen LogP contribution in [0.25, 0.3) is 0 Å². The van der Waals surface area contributed by atoms with Gasteiger partial charge in [-0.2, -0.15) is 5.10 Å². The molecule has 0 unspecified atom stereocenters. The molecule has 1 aliphatic carbocycles.